The molecule has 0 atom stereocenters. The summed E-state index contributed by atoms with van der Waals surface area (Å²) in [6.07, 6.45) is 2.97. The van der Waals surface area contributed by atoms with Gasteiger partial charge in [0, 0.05) is 17.6 Å². The maximum Gasteiger partial charge on any atom is 0.250 e. The van der Waals surface area contributed by atoms with Crippen molar-refractivity contribution in [1.29, 1.82) is 0 Å². The van der Waals surface area contributed by atoms with Gasteiger partial charge in [-0.15, -0.1) is 10.2 Å². The highest BCUT2D eigenvalue weighted by molar-refractivity contribution is 7.99. The van der Waals surface area contributed by atoms with E-state index in [1.807, 2.05) is 23.7 Å². The molecular formula is C16H14ClN5O2S. The van der Waals surface area contributed by atoms with Crippen LogP contribution in [0.25, 0.3) is 11.4 Å². The Kier molecular flexibility index (Phi) is 5.52. The van der Waals surface area contributed by atoms with Gasteiger partial charge in [-0.05, 0) is 36.4 Å². The van der Waals surface area contributed by atoms with Crippen LogP contribution in [-0.4, -0.2) is 32.6 Å². The third kappa shape index (κ3) is 4.49. The van der Waals surface area contributed by atoms with Crippen LogP contribution >= 0.6 is 23.4 Å². The van der Waals surface area contributed by atoms with Crippen molar-refractivity contribution in [2.45, 2.75) is 5.16 Å². The summed E-state index contributed by atoms with van der Waals surface area (Å²) in [6.45, 7) is 0. The number of nitrogens with zero attached hydrogens (tertiary/aromatic N) is 4. The lowest BCUT2D eigenvalue weighted by atomic mass is 10.2. The Balaban J connectivity index is 1.56. The molecule has 7 nitrogen and oxygen atoms in total. The second kappa shape index (κ2) is 8.00. The number of carbonyl (C=O) groups excluding carboxylic acids is 1. The van der Waals surface area contributed by atoms with Crippen molar-refractivity contribution in [2.75, 3.05) is 5.75 Å². The number of halogens is 1. The van der Waals surface area contributed by atoms with E-state index in [0.29, 0.717) is 21.8 Å². The fourth-order valence-electron chi connectivity index (χ4n) is 1.99. The minimum atomic E-state index is -0.246. The first-order chi connectivity index (χ1) is 12.1. The van der Waals surface area contributed by atoms with Crippen LogP contribution in [0.3, 0.4) is 0 Å². The Morgan fingerprint density at radius 1 is 1.36 bits per heavy atom. The predicted octanol–water partition coefficient (Wildman–Crippen LogP) is 2.97. The molecule has 0 saturated carbocycles. The van der Waals surface area contributed by atoms with E-state index in [1.165, 1.54) is 24.2 Å². The summed E-state index contributed by atoms with van der Waals surface area (Å²) in [4.78, 5) is 11.8. The highest BCUT2D eigenvalue weighted by atomic mass is 35.5. The maximum atomic E-state index is 11.8. The van der Waals surface area contributed by atoms with Gasteiger partial charge in [0.15, 0.2) is 11.0 Å². The van der Waals surface area contributed by atoms with Gasteiger partial charge in [0.25, 0.3) is 5.91 Å². The molecule has 0 fully saturated rings. The smallest absolute Gasteiger partial charge is 0.250 e. The van der Waals surface area contributed by atoms with E-state index >= 15 is 0 Å². The highest BCUT2D eigenvalue weighted by Gasteiger charge is 2.12. The van der Waals surface area contributed by atoms with Gasteiger partial charge in [-0.25, -0.2) is 5.43 Å². The number of hydrazone groups is 1. The van der Waals surface area contributed by atoms with Crippen molar-refractivity contribution >= 4 is 35.5 Å². The van der Waals surface area contributed by atoms with Crippen molar-refractivity contribution in [2.24, 2.45) is 12.1 Å². The molecule has 3 aromatic rings. The van der Waals surface area contributed by atoms with Gasteiger partial charge in [-0.1, -0.05) is 23.4 Å². The third-order valence-electron chi connectivity index (χ3n) is 3.19. The number of hydrogen-bond donors (Lipinski definition) is 1. The SMILES string of the molecule is Cn1c(SCC(=O)N/N=C\c2ccco2)nnc1-c1ccc(Cl)cc1. The molecule has 128 valence electrons. The van der Waals surface area contributed by atoms with Crippen LogP contribution in [0.15, 0.2) is 57.3 Å². The summed E-state index contributed by atoms with van der Waals surface area (Å²) < 4.78 is 6.90. The largest absolute Gasteiger partial charge is 0.463 e. The van der Waals surface area contributed by atoms with Gasteiger partial charge in [-0.3, -0.25) is 4.79 Å². The summed E-state index contributed by atoms with van der Waals surface area (Å²) in [7, 11) is 1.85. The fourth-order valence-corrected chi connectivity index (χ4v) is 2.82. The number of thioether (sulfide) groups is 1. The average molecular weight is 376 g/mol. The van der Waals surface area contributed by atoms with Crippen molar-refractivity contribution in [3.8, 4) is 11.4 Å². The summed E-state index contributed by atoms with van der Waals surface area (Å²) in [6, 6.07) is 10.8. The molecule has 2 heterocycles. The molecule has 0 aliphatic carbocycles. The molecule has 1 aromatic carbocycles. The van der Waals surface area contributed by atoms with Crippen LogP contribution in [0.1, 0.15) is 5.76 Å². The average Bonchev–Trinajstić information content (AvgIpc) is 3.24. The Hall–Kier alpha value is -2.58. The van der Waals surface area contributed by atoms with E-state index in [2.05, 4.69) is 20.7 Å². The molecule has 0 aliphatic heterocycles. The Morgan fingerprint density at radius 3 is 2.88 bits per heavy atom. The molecule has 1 N–H and O–H groups in total. The second-order valence-corrected chi connectivity index (χ2v) is 6.35. The molecule has 0 spiro atoms. The molecular weight excluding hydrogens is 362 g/mol. The first-order valence-electron chi connectivity index (χ1n) is 7.27. The summed E-state index contributed by atoms with van der Waals surface area (Å²) in [5.74, 6) is 1.19. The minimum Gasteiger partial charge on any atom is -0.463 e. The molecule has 0 saturated heterocycles. The lowest BCUT2D eigenvalue weighted by molar-refractivity contribution is -0.118. The molecule has 0 aliphatic rings. The number of aromatic nitrogens is 3. The number of carbonyl (C=O) groups is 1. The monoisotopic (exact) mass is 375 g/mol. The van der Waals surface area contributed by atoms with E-state index in [0.717, 1.165) is 5.56 Å². The lowest BCUT2D eigenvalue weighted by Crippen LogP contribution is -2.19. The van der Waals surface area contributed by atoms with Crippen LogP contribution in [0.4, 0.5) is 0 Å². The van der Waals surface area contributed by atoms with Gasteiger partial charge in [0.1, 0.15) is 5.76 Å². The van der Waals surface area contributed by atoms with Crippen LogP contribution in [0.2, 0.25) is 5.02 Å². The quantitative estimate of drug-likeness (QED) is 0.406. The number of benzene rings is 1. The standard InChI is InChI=1S/C16H14ClN5O2S/c1-22-15(11-4-6-12(17)7-5-11)20-21-16(22)25-10-14(23)19-18-9-13-3-2-8-24-13/h2-9H,10H2,1H3,(H,19,23)/b18-9-. The molecule has 0 radical (unpaired) electrons. The Labute approximate surface area is 153 Å². The predicted molar refractivity (Wildman–Crippen MR) is 96.6 cm³/mol. The van der Waals surface area contributed by atoms with E-state index in [1.54, 1.807) is 24.3 Å². The van der Waals surface area contributed by atoms with Crippen LogP contribution < -0.4 is 5.43 Å². The van der Waals surface area contributed by atoms with E-state index in [4.69, 9.17) is 16.0 Å². The van der Waals surface area contributed by atoms with Gasteiger partial charge < -0.3 is 8.98 Å². The molecule has 1 amide bonds. The molecule has 9 heteroatoms. The first-order valence-corrected chi connectivity index (χ1v) is 8.63. The highest BCUT2D eigenvalue weighted by Crippen LogP contribution is 2.23. The zero-order valence-corrected chi connectivity index (χ0v) is 14.8. The van der Waals surface area contributed by atoms with Crippen molar-refractivity contribution in [1.82, 2.24) is 20.2 Å². The lowest BCUT2D eigenvalue weighted by Gasteiger charge is -2.03. The van der Waals surface area contributed by atoms with Gasteiger partial charge in [-0.2, -0.15) is 5.10 Å². The van der Waals surface area contributed by atoms with Crippen molar-refractivity contribution in [3.63, 3.8) is 0 Å². The van der Waals surface area contributed by atoms with Gasteiger partial charge >= 0.3 is 0 Å². The normalized spacial score (nSPS) is 11.1. The molecule has 25 heavy (non-hydrogen) atoms. The fraction of sp³-hybridized carbons (Fsp3) is 0.125. The minimum absolute atomic E-state index is 0.169. The zero-order chi connectivity index (χ0) is 17.6. The van der Waals surface area contributed by atoms with E-state index < -0.39 is 0 Å². The second-order valence-electron chi connectivity index (χ2n) is 4.97. The van der Waals surface area contributed by atoms with Crippen LogP contribution in [-0.2, 0) is 11.8 Å². The van der Waals surface area contributed by atoms with Crippen LogP contribution in [0, 0.1) is 0 Å². The molecule has 2 aromatic heterocycles. The summed E-state index contributed by atoms with van der Waals surface area (Å²) >= 11 is 7.17. The van der Waals surface area contributed by atoms with Crippen LogP contribution in [0.5, 0.6) is 0 Å². The number of nitrogens with one attached hydrogen (secondary N) is 1. The van der Waals surface area contributed by atoms with E-state index in [-0.39, 0.29) is 11.7 Å². The number of hydrogen-bond acceptors (Lipinski definition) is 6. The third-order valence-corrected chi connectivity index (χ3v) is 4.47. The number of furan rings is 1. The topological polar surface area (TPSA) is 85.3 Å². The molecule has 3 rings (SSSR count). The Bertz CT molecular complexity index is 875. The Morgan fingerprint density at radius 2 is 2.16 bits per heavy atom. The van der Waals surface area contributed by atoms with E-state index in [9.17, 15) is 4.79 Å². The summed E-state index contributed by atoms with van der Waals surface area (Å²) in [5, 5.41) is 13.4. The molecule has 0 bridgehead atoms. The van der Waals surface area contributed by atoms with Crippen molar-refractivity contribution < 1.29 is 9.21 Å². The zero-order valence-electron chi connectivity index (χ0n) is 13.2. The van der Waals surface area contributed by atoms with Gasteiger partial charge in [0.2, 0.25) is 0 Å². The number of rotatable bonds is 6. The summed E-state index contributed by atoms with van der Waals surface area (Å²) in [5.41, 5.74) is 3.33. The van der Waals surface area contributed by atoms with Gasteiger partial charge in [0.05, 0.1) is 18.2 Å². The van der Waals surface area contributed by atoms with Crippen molar-refractivity contribution in [3.05, 3.63) is 53.4 Å². The molecule has 0 unspecified atom stereocenters. The number of amides is 1. The first kappa shape index (κ1) is 17.2. The maximum absolute atomic E-state index is 11.8.